The van der Waals surface area contributed by atoms with Crippen molar-refractivity contribution in [1.82, 2.24) is 9.62 Å². The first kappa shape index (κ1) is 19.8. The Labute approximate surface area is 160 Å². The molecule has 2 aromatic carbocycles. The molecule has 0 atom stereocenters. The maximum atomic E-state index is 13.9. The number of nitrogens with zero attached hydrogens (tertiary/aromatic N) is 2. The Bertz CT molecular complexity index is 848. The molecule has 0 spiro atoms. The number of para-hydroxylation sites is 1. The predicted octanol–water partition coefficient (Wildman–Crippen LogP) is 2.38. The summed E-state index contributed by atoms with van der Waals surface area (Å²) in [6.07, 6.45) is 0. The number of aryl methyl sites for hydroxylation is 1. The van der Waals surface area contributed by atoms with E-state index in [9.17, 15) is 12.8 Å². The Hall–Kier alpha value is -1.96. The molecule has 5 nitrogen and oxygen atoms in total. The van der Waals surface area contributed by atoms with Gasteiger partial charge in [-0.05, 0) is 24.6 Å². The minimum atomic E-state index is -3.34. The molecule has 1 fully saturated rings. The predicted molar refractivity (Wildman–Crippen MR) is 107 cm³/mol. The van der Waals surface area contributed by atoms with Crippen LogP contribution in [0.25, 0.3) is 0 Å². The molecule has 0 bridgehead atoms. The van der Waals surface area contributed by atoms with Gasteiger partial charge in [-0.3, -0.25) is 4.90 Å². The van der Waals surface area contributed by atoms with Crippen LogP contribution in [0, 0.1) is 12.7 Å². The second kappa shape index (κ2) is 8.82. The van der Waals surface area contributed by atoms with Crippen molar-refractivity contribution < 1.29 is 12.8 Å². The van der Waals surface area contributed by atoms with Crippen molar-refractivity contribution in [2.45, 2.75) is 12.7 Å². The average Bonchev–Trinajstić information content (AvgIpc) is 2.64. The summed E-state index contributed by atoms with van der Waals surface area (Å²) in [6.45, 7) is 6.05. The number of anilines is 1. The van der Waals surface area contributed by atoms with Gasteiger partial charge in [0.05, 0.1) is 11.4 Å². The van der Waals surface area contributed by atoms with E-state index >= 15 is 0 Å². The maximum absolute atomic E-state index is 13.9. The van der Waals surface area contributed by atoms with Crippen LogP contribution in [0.3, 0.4) is 0 Å². The minimum absolute atomic E-state index is 0.00561. The van der Waals surface area contributed by atoms with E-state index in [1.54, 1.807) is 12.1 Å². The maximum Gasteiger partial charge on any atom is 0.215 e. The fraction of sp³-hybridized carbons (Fsp3) is 0.400. The fourth-order valence-electron chi connectivity index (χ4n) is 3.23. The molecule has 1 saturated heterocycles. The van der Waals surface area contributed by atoms with Gasteiger partial charge in [0.2, 0.25) is 10.0 Å². The lowest BCUT2D eigenvalue weighted by atomic mass is 10.2. The number of hydrogen-bond acceptors (Lipinski definition) is 4. The molecule has 0 amide bonds. The molecule has 7 heteroatoms. The fourth-order valence-corrected chi connectivity index (χ4v) is 4.37. The first-order chi connectivity index (χ1) is 12.9. The molecular weight excluding hydrogens is 365 g/mol. The quantitative estimate of drug-likeness (QED) is 0.787. The number of sulfonamides is 1. The SMILES string of the molecule is Cc1ccc(CS(=O)(=O)NCCN2CCN(c3ccccc3F)CC2)cc1. The van der Waals surface area contributed by atoms with Gasteiger partial charge in [0.1, 0.15) is 5.82 Å². The molecule has 2 aromatic rings. The second-order valence-electron chi connectivity index (χ2n) is 6.92. The smallest absolute Gasteiger partial charge is 0.215 e. The van der Waals surface area contributed by atoms with Crippen molar-refractivity contribution in [3.8, 4) is 0 Å². The Kier molecular flexibility index (Phi) is 6.46. The molecule has 1 aliphatic heterocycles. The molecule has 0 unspecified atom stereocenters. The largest absolute Gasteiger partial charge is 0.367 e. The number of benzene rings is 2. The lowest BCUT2D eigenvalue weighted by Crippen LogP contribution is -2.48. The summed E-state index contributed by atoms with van der Waals surface area (Å²) in [4.78, 5) is 4.24. The van der Waals surface area contributed by atoms with Gasteiger partial charge < -0.3 is 4.90 Å². The number of rotatable bonds is 7. The first-order valence-electron chi connectivity index (χ1n) is 9.18. The van der Waals surface area contributed by atoms with Gasteiger partial charge in [-0.1, -0.05) is 42.0 Å². The molecule has 1 N–H and O–H groups in total. The van der Waals surface area contributed by atoms with Crippen molar-refractivity contribution in [3.63, 3.8) is 0 Å². The highest BCUT2D eigenvalue weighted by atomic mass is 32.2. The van der Waals surface area contributed by atoms with Crippen LogP contribution in [0.15, 0.2) is 48.5 Å². The summed E-state index contributed by atoms with van der Waals surface area (Å²) in [6, 6.07) is 14.3. The Morgan fingerprint density at radius 1 is 1.00 bits per heavy atom. The van der Waals surface area contributed by atoms with E-state index in [0.717, 1.165) is 37.3 Å². The van der Waals surface area contributed by atoms with Crippen molar-refractivity contribution in [1.29, 1.82) is 0 Å². The van der Waals surface area contributed by atoms with Gasteiger partial charge in [0, 0.05) is 39.3 Å². The number of halogens is 1. The molecule has 0 aromatic heterocycles. The lowest BCUT2D eigenvalue weighted by molar-refractivity contribution is 0.261. The van der Waals surface area contributed by atoms with Crippen LogP contribution in [-0.4, -0.2) is 52.6 Å². The molecule has 1 heterocycles. The van der Waals surface area contributed by atoms with Crippen LogP contribution < -0.4 is 9.62 Å². The van der Waals surface area contributed by atoms with Crippen LogP contribution in [0.1, 0.15) is 11.1 Å². The molecule has 27 heavy (non-hydrogen) atoms. The topological polar surface area (TPSA) is 52.7 Å². The van der Waals surface area contributed by atoms with Crippen LogP contribution in [0.2, 0.25) is 0 Å². The first-order valence-corrected chi connectivity index (χ1v) is 10.8. The molecule has 1 aliphatic rings. The van der Waals surface area contributed by atoms with Crippen molar-refractivity contribution in [3.05, 3.63) is 65.5 Å². The Balaban J connectivity index is 1.42. The van der Waals surface area contributed by atoms with Crippen molar-refractivity contribution in [2.75, 3.05) is 44.2 Å². The molecular formula is C20H26FN3O2S. The zero-order chi connectivity index (χ0) is 19.3. The highest BCUT2D eigenvalue weighted by Gasteiger charge is 2.19. The summed E-state index contributed by atoms with van der Waals surface area (Å²) in [5, 5.41) is 0. The number of hydrogen-bond donors (Lipinski definition) is 1. The van der Waals surface area contributed by atoms with Crippen molar-refractivity contribution in [2.24, 2.45) is 0 Å². The normalized spacial score (nSPS) is 15.9. The number of nitrogens with one attached hydrogen (secondary N) is 1. The minimum Gasteiger partial charge on any atom is -0.367 e. The molecule has 146 valence electrons. The van der Waals surface area contributed by atoms with Crippen LogP contribution in [0.5, 0.6) is 0 Å². The van der Waals surface area contributed by atoms with Gasteiger partial charge in [-0.2, -0.15) is 0 Å². The summed E-state index contributed by atoms with van der Waals surface area (Å²) in [5.41, 5.74) is 2.53. The monoisotopic (exact) mass is 391 g/mol. The van der Waals surface area contributed by atoms with E-state index in [0.29, 0.717) is 18.8 Å². The van der Waals surface area contributed by atoms with E-state index in [1.807, 2.05) is 42.2 Å². The van der Waals surface area contributed by atoms with E-state index < -0.39 is 10.0 Å². The van der Waals surface area contributed by atoms with E-state index in [2.05, 4.69) is 9.62 Å². The summed E-state index contributed by atoms with van der Waals surface area (Å²) < 4.78 is 41.0. The molecule has 0 saturated carbocycles. The Morgan fingerprint density at radius 3 is 2.33 bits per heavy atom. The van der Waals surface area contributed by atoms with Gasteiger partial charge in [0.15, 0.2) is 0 Å². The standard InChI is InChI=1S/C20H26FN3O2S/c1-17-6-8-18(9-7-17)16-27(25,26)22-10-11-23-12-14-24(15-13-23)20-5-3-2-4-19(20)21/h2-9,22H,10-16H2,1H3. The molecule has 0 aliphatic carbocycles. The third kappa shape index (κ3) is 5.76. The van der Waals surface area contributed by atoms with Gasteiger partial charge in [-0.25, -0.2) is 17.5 Å². The van der Waals surface area contributed by atoms with Crippen molar-refractivity contribution >= 4 is 15.7 Å². The third-order valence-corrected chi connectivity index (χ3v) is 6.15. The summed E-state index contributed by atoms with van der Waals surface area (Å²) in [7, 11) is -3.34. The van der Waals surface area contributed by atoms with Gasteiger partial charge in [-0.15, -0.1) is 0 Å². The van der Waals surface area contributed by atoms with Gasteiger partial charge in [0.25, 0.3) is 0 Å². The zero-order valence-corrected chi connectivity index (χ0v) is 16.4. The third-order valence-electron chi connectivity index (χ3n) is 4.79. The molecule has 3 rings (SSSR count). The second-order valence-corrected chi connectivity index (χ2v) is 8.73. The Morgan fingerprint density at radius 2 is 1.67 bits per heavy atom. The van der Waals surface area contributed by atoms with Crippen LogP contribution >= 0.6 is 0 Å². The van der Waals surface area contributed by atoms with Gasteiger partial charge >= 0.3 is 0 Å². The summed E-state index contributed by atoms with van der Waals surface area (Å²) >= 11 is 0. The number of piperazine rings is 1. The molecule has 0 radical (unpaired) electrons. The van der Waals surface area contributed by atoms with E-state index in [1.165, 1.54) is 6.07 Å². The lowest BCUT2D eigenvalue weighted by Gasteiger charge is -2.36. The summed E-state index contributed by atoms with van der Waals surface area (Å²) in [5.74, 6) is -0.205. The highest BCUT2D eigenvalue weighted by Crippen LogP contribution is 2.19. The van der Waals surface area contributed by atoms with E-state index in [-0.39, 0.29) is 11.6 Å². The zero-order valence-electron chi connectivity index (χ0n) is 15.6. The average molecular weight is 392 g/mol. The van der Waals surface area contributed by atoms with E-state index in [4.69, 9.17) is 0 Å². The van der Waals surface area contributed by atoms with Crippen LogP contribution in [-0.2, 0) is 15.8 Å². The highest BCUT2D eigenvalue weighted by molar-refractivity contribution is 7.88. The van der Waals surface area contributed by atoms with Crippen LogP contribution in [0.4, 0.5) is 10.1 Å².